The summed E-state index contributed by atoms with van der Waals surface area (Å²) in [6, 6.07) is 8.20. The summed E-state index contributed by atoms with van der Waals surface area (Å²) in [4.78, 5) is 0. The van der Waals surface area contributed by atoms with Crippen molar-refractivity contribution in [3.05, 3.63) is 34.9 Å². The van der Waals surface area contributed by atoms with E-state index < -0.39 is 0 Å². The van der Waals surface area contributed by atoms with Crippen LogP contribution in [0.1, 0.15) is 46.6 Å². The summed E-state index contributed by atoms with van der Waals surface area (Å²) in [6.45, 7) is 12.3. The van der Waals surface area contributed by atoms with Gasteiger partial charge in [0.15, 0.2) is 0 Å². The predicted octanol–water partition coefficient (Wildman–Crippen LogP) is 4.93. The minimum atomic E-state index is 0.176. The first-order valence-corrected chi connectivity index (χ1v) is 7.64. The van der Waals surface area contributed by atoms with Gasteiger partial charge in [0.25, 0.3) is 0 Å². The third-order valence-corrected chi connectivity index (χ3v) is 3.56. The van der Waals surface area contributed by atoms with Gasteiger partial charge in [-0.25, -0.2) is 0 Å². The molecule has 1 rings (SSSR count). The first kappa shape index (κ1) is 16.5. The number of rotatable bonds is 6. The maximum Gasteiger partial charge on any atom is 0.0438 e. The summed E-state index contributed by atoms with van der Waals surface area (Å²) >= 11 is 6.27. The molecule has 0 radical (unpaired) electrons. The number of nitrogens with one attached hydrogen (secondary N) is 1. The highest BCUT2D eigenvalue weighted by atomic mass is 35.5. The maximum atomic E-state index is 6.27. The lowest BCUT2D eigenvalue weighted by Gasteiger charge is -2.26. The van der Waals surface area contributed by atoms with Crippen molar-refractivity contribution in [3.63, 3.8) is 0 Å². The molecule has 0 saturated heterocycles. The largest absolute Gasteiger partial charge is 0.312 e. The van der Waals surface area contributed by atoms with E-state index in [2.05, 4.69) is 52.1 Å². The van der Waals surface area contributed by atoms with E-state index in [-0.39, 0.29) is 5.54 Å². The average Bonchev–Trinajstić information content (AvgIpc) is 2.27. The van der Waals surface area contributed by atoms with Gasteiger partial charge in [0, 0.05) is 10.6 Å². The van der Waals surface area contributed by atoms with E-state index in [9.17, 15) is 0 Å². The number of halogens is 1. The summed E-state index contributed by atoms with van der Waals surface area (Å²) in [6.07, 6.45) is 2.29. The van der Waals surface area contributed by atoms with Gasteiger partial charge < -0.3 is 5.32 Å². The average molecular weight is 282 g/mol. The van der Waals surface area contributed by atoms with E-state index in [1.807, 2.05) is 12.1 Å². The van der Waals surface area contributed by atoms with Crippen molar-refractivity contribution in [2.24, 2.45) is 11.8 Å². The molecule has 1 N–H and O–H groups in total. The minimum Gasteiger partial charge on any atom is -0.312 e. The van der Waals surface area contributed by atoms with Gasteiger partial charge in [-0.2, -0.15) is 0 Å². The van der Waals surface area contributed by atoms with E-state index in [0.717, 1.165) is 18.0 Å². The van der Waals surface area contributed by atoms with Crippen molar-refractivity contribution in [3.8, 4) is 0 Å². The van der Waals surface area contributed by atoms with Crippen molar-refractivity contribution in [2.75, 3.05) is 6.54 Å². The molecule has 1 nitrogen and oxygen atoms in total. The molecule has 2 heteroatoms. The quantitative estimate of drug-likeness (QED) is 0.779. The van der Waals surface area contributed by atoms with Crippen molar-refractivity contribution in [1.29, 1.82) is 0 Å². The second-order valence-electron chi connectivity index (χ2n) is 6.92. The van der Waals surface area contributed by atoms with Crippen LogP contribution in [-0.4, -0.2) is 12.1 Å². The molecule has 1 aromatic rings. The van der Waals surface area contributed by atoms with Gasteiger partial charge in [0.2, 0.25) is 0 Å². The van der Waals surface area contributed by atoms with Crippen LogP contribution in [0.4, 0.5) is 0 Å². The zero-order valence-corrected chi connectivity index (χ0v) is 13.7. The Morgan fingerprint density at radius 2 is 1.79 bits per heavy atom. The molecular formula is C17H28ClN. The lowest BCUT2D eigenvalue weighted by Crippen LogP contribution is -2.39. The summed E-state index contributed by atoms with van der Waals surface area (Å²) in [5, 5.41) is 4.52. The first-order valence-electron chi connectivity index (χ1n) is 7.26. The topological polar surface area (TPSA) is 12.0 Å². The number of hydrogen-bond acceptors (Lipinski definition) is 1. The zero-order chi connectivity index (χ0) is 14.5. The van der Waals surface area contributed by atoms with E-state index in [1.54, 1.807) is 0 Å². The molecular weight excluding hydrogens is 254 g/mol. The van der Waals surface area contributed by atoms with Crippen molar-refractivity contribution in [1.82, 2.24) is 5.32 Å². The molecule has 0 aliphatic carbocycles. The van der Waals surface area contributed by atoms with Crippen LogP contribution in [0, 0.1) is 11.8 Å². The van der Waals surface area contributed by atoms with E-state index in [1.165, 1.54) is 12.0 Å². The Labute approximate surface area is 123 Å². The highest BCUT2D eigenvalue weighted by Gasteiger charge is 2.17. The summed E-state index contributed by atoms with van der Waals surface area (Å²) < 4.78 is 0. The van der Waals surface area contributed by atoms with Crippen molar-refractivity contribution >= 4 is 11.6 Å². The van der Waals surface area contributed by atoms with Gasteiger partial charge >= 0.3 is 0 Å². The Kier molecular flexibility index (Phi) is 6.35. The molecule has 19 heavy (non-hydrogen) atoms. The van der Waals surface area contributed by atoms with Crippen LogP contribution >= 0.6 is 11.6 Å². The van der Waals surface area contributed by atoms with Crippen LogP contribution < -0.4 is 5.32 Å². The molecule has 0 amide bonds. The maximum absolute atomic E-state index is 6.27. The van der Waals surface area contributed by atoms with Gasteiger partial charge in [-0.05, 0) is 63.6 Å². The fourth-order valence-electron chi connectivity index (χ4n) is 2.33. The Hall–Kier alpha value is -0.530. The molecule has 0 fully saturated rings. The van der Waals surface area contributed by atoms with Crippen molar-refractivity contribution < 1.29 is 0 Å². The van der Waals surface area contributed by atoms with Crippen LogP contribution in [0.5, 0.6) is 0 Å². The standard InChI is InChI=1S/C17H28ClN/c1-13(2)10-14(12-19-17(3,4)5)11-15-8-6-7-9-16(15)18/h6-9,13-14,19H,10-12H2,1-5H3. The second kappa shape index (κ2) is 7.31. The molecule has 0 spiro atoms. The Bertz CT molecular complexity index is 379. The fraction of sp³-hybridized carbons (Fsp3) is 0.647. The SMILES string of the molecule is CC(C)CC(CNC(C)(C)C)Cc1ccccc1Cl. The second-order valence-corrected chi connectivity index (χ2v) is 7.33. The summed E-state index contributed by atoms with van der Waals surface area (Å²) in [5.41, 5.74) is 1.45. The predicted molar refractivity (Wildman–Crippen MR) is 85.9 cm³/mol. The lowest BCUT2D eigenvalue weighted by molar-refractivity contribution is 0.331. The fourth-order valence-corrected chi connectivity index (χ4v) is 2.54. The number of benzene rings is 1. The van der Waals surface area contributed by atoms with Crippen LogP contribution in [0.15, 0.2) is 24.3 Å². The van der Waals surface area contributed by atoms with Crippen LogP contribution in [-0.2, 0) is 6.42 Å². The van der Waals surface area contributed by atoms with E-state index >= 15 is 0 Å². The summed E-state index contributed by atoms with van der Waals surface area (Å²) in [7, 11) is 0. The minimum absolute atomic E-state index is 0.176. The van der Waals surface area contributed by atoms with E-state index in [4.69, 9.17) is 11.6 Å². The molecule has 1 aromatic carbocycles. The first-order chi connectivity index (χ1) is 8.78. The molecule has 0 saturated carbocycles. The monoisotopic (exact) mass is 281 g/mol. The molecule has 0 bridgehead atoms. The van der Waals surface area contributed by atoms with E-state index in [0.29, 0.717) is 11.8 Å². The van der Waals surface area contributed by atoms with Gasteiger partial charge in [0.05, 0.1) is 0 Å². The zero-order valence-electron chi connectivity index (χ0n) is 13.0. The molecule has 0 aliphatic rings. The van der Waals surface area contributed by atoms with Gasteiger partial charge in [0.1, 0.15) is 0 Å². The van der Waals surface area contributed by atoms with Crippen molar-refractivity contribution in [2.45, 2.75) is 53.0 Å². The normalized spacial score (nSPS) is 13.8. The van der Waals surface area contributed by atoms with Gasteiger partial charge in [-0.3, -0.25) is 0 Å². The molecule has 108 valence electrons. The van der Waals surface area contributed by atoms with Crippen LogP contribution in [0.2, 0.25) is 5.02 Å². The smallest absolute Gasteiger partial charge is 0.0438 e. The molecule has 0 aliphatic heterocycles. The third-order valence-electron chi connectivity index (χ3n) is 3.19. The highest BCUT2D eigenvalue weighted by Crippen LogP contribution is 2.22. The van der Waals surface area contributed by atoms with Crippen LogP contribution in [0.25, 0.3) is 0 Å². The third kappa shape index (κ3) is 6.98. The molecule has 0 aromatic heterocycles. The Morgan fingerprint density at radius 1 is 1.16 bits per heavy atom. The molecule has 1 atom stereocenters. The Balaban J connectivity index is 2.66. The molecule has 0 heterocycles. The molecule has 1 unspecified atom stereocenters. The summed E-state index contributed by atoms with van der Waals surface area (Å²) in [5.74, 6) is 1.35. The lowest BCUT2D eigenvalue weighted by atomic mass is 9.90. The Morgan fingerprint density at radius 3 is 2.32 bits per heavy atom. The van der Waals surface area contributed by atoms with Gasteiger partial charge in [-0.1, -0.05) is 43.6 Å². The van der Waals surface area contributed by atoms with Gasteiger partial charge in [-0.15, -0.1) is 0 Å². The number of hydrogen-bond donors (Lipinski definition) is 1. The van der Waals surface area contributed by atoms with Crippen LogP contribution in [0.3, 0.4) is 0 Å². The highest BCUT2D eigenvalue weighted by molar-refractivity contribution is 6.31.